The monoisotopic (exact) mass is 792 g/mol. The fraction of sp³-hybridized carbons (Fsp3) is 0.500. The van der Waals surface area contributed by atoms with Crippen LogP contribution in [0.4, 0.5) is 0 Å². The van der Waals surface area contributed by atoms with Crippen molar-refractivity contribution in [2.24, 2.45) is 5.73 Å². The zero-order valence-corrected chi connectivity index (χ0v) is 34.6. The van der Waals surface area contributed by atoms with Crippen LogP contribution in [0.1, 0.15) is 54.9 Å². The van der Waals surface area contributed by atoms with E-state index in [0.717, 1.165) is 78.0 Å². The van der Waals surface area contributed by atoms with Crippen LogP contribution in [0.5, 0.6) is 17.2 Å². The van der Waals surface area contributed by atoms with Crippen molar-refractivity contribution >= 4 is 0 Å². The summed E-state index contributed by atoms with van der Waals surface area (Å²) in [5, 5.41) is 45.5. The molecule has 0 spiro atoms. The Kier molecular flexibility index (Phi) is 17.3. The first kappa shape index (κ1) is 43.6. The van der Waals surface area contributed by atoms with Crippen LogP contribution in [-0.4, -0.2) is 120 Å². The van der Waals surface area contributed by atoms with Crippen molar-refractivity contribution in [2.45, 2.75) is 94.5 Å². The summed E-state index contributed by atoms with van der Waals surface area (Å²) in [4.78, 5) is 5.30. The molecule has 0 amide bonds. The van der Waals surface area contributed by atoms with Gasteiger partial charge in [0.15, 0.2) is 0 Å². The average molecular weight is 792 g/mol. The first-order valence-electron chi connectivity index (χ1n) is 21.8. The Balaban J connectivity index is 1.12. The Labute approximate surface area is 347 Å². The molecule has 9 N–H and O–H groups in total. The Bertz CT molecular complexity index is 1730. The normalized spacial score (nSPS) is 19.6. The third kappa shape index (κ3) is 14.1. The van der Waals surface area contributed by atoms with Gasteiger partial charge in [-0.2, -0.15) is 0 Å². The number of likely N-dealkylation sites (N-methyl/N-ethyl adjacent to an activating group) is 1. The molecule has 4 aromatic carbocycles. The number of hydrogen-bond donors (Lipinski definition) is 8. The molecule has 0 unspecified atom stereocenters. The largest absolute Gasteiger partial charge is 0.508 e. The highest BCUT2D eigenvalue weighted by Gasteiger charge is 2.30. The van der Waals surface area contributed by atoms with E-state index in [4.69, 9.17) is 5.73 Å². The first-order chi connectivity index (χ1) is 28.3. The fourth-order valence-electron chi connectivity index (χ4n) is 9.03. The third-order valence-corrected chi connectivity index (χ3v) is 12.2. The Morgan fingerprint density at radius 3 is 1.45 bits per heavy atom. The van der Waals surface area contributed by atoms with Gasteiger partial charge in [-0.05, 0) is 130 Å². The summed E-state index contributed by atoms with van der Waals surface area (Å²) in [6.07, 6.45) is 8.34. The van der Waals surface area contributed by atoms with E-state index in [1.807, 2.05) is 24.3 Å². The molecule has 10 nitrogen and oxygen atoms in total. The van der Waals surface area contributed by atoms with E-state index in [1.54, 1.807) is 36.4 Å². The van der Waals surface area contributed by atoms with Gasteiger partial charge in [-0.15, -0.1) is 0 Å². The minimum Gasteiger partial charge on any atom is -0.508 e. The van der Waals surface area contributed by atoms with Crippen molar-refractivity contribution in [3.05, 3.63) is 125 Å². The van der Waals surface area contributed by atoms with E-state index in [9.17, 15) is 15.3 Å². The topological polar surface area (TPSA) is 141 Å². The molecule has 2 fully saturated rings. The van der Waals surface area contributed by atoms with E-state index >= 15 is 0 Å². The number of benzene rings is 4. The second-order valence-electron chi connectivity index (χ2n) is 16.7. The standard InChI is InChI=1S/C48H69N7O3/c1-2-50-40(26-37-12-18-46(56)19-13-37)31-51-41(27-38-14-20-47(57)21-15-38)32-52-42(28-36-8-4-3-5-9-36)35-55-25-7-11-45(55)33-53-43(29-39-16-22-48(58)23-17-39)34-54-24-6-10-44(54)30-49/h3-5,8-9,12-23,40-45,50-53,56-58H,2,6-7,10-11,24-35,49H2,1H3/t40-,41-,42-,43-,44-,45-/m0/s1. The molecule has 6 rings (SSSR count). The van der Waals surface area contributed by atoms with Gasteiger partial charge in [-0.1, -0.05) is 73.7 Å². The van der Waals surface area contributed by atoms with Crippen LogP contribution in [0.3, 0.4) is 0 Å². The molecule has 0 saturated carbocycles. The molecule has 0 aromatic heterocycles. The lowest BCUT2D eigenvalue weighted by Crippen LogP contribution is -2.53. The molecule has 2 aliphatic heterocycles. The number of nitrogens with zero attached hydrogens (tertiary/aromatic N) is 2. The molecular formula is C48H69N7O3. The van der Waals surface area contributed by atoms with Crippen LogP contribution >= 0.6 is 0 Å². The summed E-state index contributed by atoms with van der Waals surface area (Å²) < 4.78 is 0. The molecule has 2 heterocycles. The molecular weight excluding hydrogens is 723 g/mol. The van der Waals surface area contributed by atoms with Crippen molar-refractivity contribution in [1.82, 2.24) is 31.1 Å². The van der Waals surface area contributed by atoms with Gasteiger partial charge in [0.2, 0.25) is 0 Å². The fourth-order valence-corrected chi connectivity index (χ4v) is 9.03. The molecule has 0 radical (unpaired) electrons. The number of nitrogens with one attached hydrogen (secondary N) is 4. The Hall–Kier alpha value is -4.00. The van der Waals surface area contributed by atoms with Gasteiger partial charge in [0.05, 0.1) is 0 Å². The van der Waals surface area contributed by atoms with Gasteiger partial charge in [0, 0.05) is 75.5 Å². The lowest BCUT2D eigenvalue weighted by molar-refractivity contribution is 0.196. The maximum atomic E-state index is 10.0. The molecule has 4 aromatic rings. The summed E-state index contributed by atoms with van der Waals surface area (Å²) in [6.45, 7) is 10.4. The number of rotatable bonds is 24. The molecule has 6 atom stereocenters. The Morgan fingerprint density at radius 2 is 0.948 bits per heavy atom. The predicted molar refractivity (Wildman–Crippen MR) is 237 cm³/mol. The number of phenolic OH excluding ortho intramolecular Hbond substituents is 3. The van der Waals surface area contributed by atoms with Crippen LogP contribution in [-0.2, 0) is 25.7 Å². The van der Waals surface area contributed by atoms with E-state index in [1.165, 1.54) is 47.9 Å². The minimum atomic E-state index is 0.170. The van der Waals surface area contributed by atoms with Gasteiger partial charge in [-0.3, -0.25) is 9.80 Å². The van der Waals surface area contributed by atoms with Gasteiger partial charge < -0.3 is 42.3 Å². The molecule has 2 saturated heterocycles. The summed E-state index contributed by atoms with van der Waals surface area (Å²) in [6, 6.07) is 35.6. The van der Waals surface area contributed by atoms with Crippen molar-refractivity contribution in [2.75, 3.05) is 58.9 Å². The summed E-state index contributed by atoms with van der Waals surface area (Å²) >= 11 is 0. The lowest BCUT2D eigenvalue weighted by atomic mass is 10.0. The van der Waals surface area contributed by atoms with Crippen molar-refractivity contribution in [3.8, 4) is 17.2 Å². The highest BCUT2D eigenvalue weighted by atomic mass is 16.3. The van der Waals surface area contributed by atoms with Crippen LogP contribution in [0.2, 0.25) is 0 Å². The minimum absolute atomic E-state index is 0.170. The second kappa shape index (κ2) is 23.0. The third-order valence-electron chi connectivity index (χ3n) is 12.2. The number of nitrogens with two attached hydrogens (primary N) is 1. The number of likely N-dealkylation sites (tertiary alicyclic amines) is 2. The maximum Gasteiger partial charge on any atom is 0.115 e. The number of aromatic hydroxyl groups is 3. The second-order valence-corrected chi connectivity index (χ2v) is 16.7. The Morgan fingerprint density at radius 1 is 0.534 bits per heavy atom. The zero-order valence-electron chi connectivity index (χ0n) is 34.6. The van der Waals surface area contributed by atoms with E-state index < -0.39 is 0 Å². The average Bonchev–Trinajstić information content (AvgIpc) is 3.89. The predicted octanol–water partition coefficient (Wildman–Crippen LogP) is 4.81. The van der Waals surface area contributed by atoms with E-state index in [-0.39, 0.29) is 29.6 Å². The van der Waals surface area contributed by atoms with Crippen LogP contribution in [0.15, 0.2) is 103 Å². The van der Waals surface area contributed by atoms with Crippen LogP contribution in [0, 0.1) is 0 Å². The lowest BCUT2D eigenvalue weighted by Gasteiger charge is -2.33. The SMILES string of the molecule is CCN[C@H](CN[C@H](CN[C@@H](Cc1ccccc1)CN1CCC[C@H]1CN[C@@H](Cc1ccc(O)cc1)CN1CCC[C@H]1CN)Cc1ccc(O)cc1)Cc1ccc(O)cc1. The summed E-state index contributed by atoms with van der Waals surface area (Å²) in [7, 11) is 0. The smallest absolute Gasteiger partial charge is 0.115 e. The molecule has 10 heteroatoms. The van der Waals surface area contributed by atoms with Gasteiger partial charge in [0.25, 0.3) is 0 Å². The zero-order chi connectivity index (χ0) is 40.5. The molecule has 0 aliphatic carbocycles. The first-order valence-corrected chi connectivity index (χ1v) is 21.8. The van der Waals surface area contributed by atoms with Crippen LogP contribution < -0.4 is 27.0 Å². The van der Waals surface area contributed by atoms with Gasteiger partial charge >= 0.3 is 0 Å². The highest BCUT2D eigenvalue weighted by Crippen LogP contribution is 2.22. The maximum absolute atomic E-state index is 10.0. The summed E-state index contributed by atoms with van der Waals surface area (Å²) in [5.41, 5.74) is 11.2. The number of hydrogen-bond acceptors (Lipinski definition) is 10. The number of phenols is 3. The van der Waals surface area contributed by atoms with Crippen molar-refractivity contribution in [1.29, 1.82) is 0 Å². The van der Waals surface area contributed by atoms with E-state index in [2.05, 4.69) is 80.5 Å². The summed E-state index contributed by atoms with van der Waals surface area (Å²) in [5.74, 6) is 0.881. The molecule has 58 heavy (non-hydrogen) atoms. The highest BCUT2D eigenvalue weighted by molar-refractivity contribution is 5.28. The van der Waals surface area contributed by atoms with E-state index in [0.29, 0.717) is 30.4 Å². The molecule has 314 valence electrons. The van der Waals surface area contributed by atoms with Gasteiger partial charge in [0.1, 0.15) is 17.2 Å². The van der Waals surface area contributed by atoms with Crippen molar-refractivity contribution in [3.63, 3.8) is 0 Å². The molecule has 2 aliphatic rings. The quantitative estimate of drug-likeness (QED) is 0.0499. The van der Waals surface area contributed by atoms with Crippen molar-refractivity contribution < 1.29 is 15.3 Å². The molecule has 0 bridgehead atoms. The van der Waals surface area contributed by atoms with Crippen LogP contribution in [0.25, 0.3) is 0 Å². The van der Waals surface area contributed by atoms with Gasteiger partial charge in [-0.25, -0.2) is 0 Å².